The van der Waals surface area contributed by atoms with Crippen LogP contribution < -0.4 is 5.32 Å². The normalized spacial score (nSPS) is 28.3. The highest BCUT2D eigenvalue weighted by Crippen LogP contribution is 2.40. The predicted molar refractivity (Wildman–Crippen MR) is 79.3 cm³/mol. The lowest BCUT2D eigenvalue weighted by Gasteiger charge is -2.39. The van der Waals surface area contributed by atoms with Crippen molar-refractivity contribution in [3.05, 3.63) is 0 Å². The van der Waals surface area contributed by atoms with E-state index in [0.717, 1.165) is 19.6 Å². The summed E-state index contributed by atoms with van der Waals surface area (Å²) in [5.74, 6) is 0.665. The molecule has 2 rings (SSSR count). The van der Waals surface area contributed by atoms with Gasteiger partial charge in [-0.2, -0.15) is 0 Å². The fourth-order valence-electron chi connectivity index (χ4n) is 3.50. The highest BCUT2D eigenvalue weighted by Gasteiger charge is 2.46. The zero-order valence-electron chi connectivity index (χ0n) is 13.0. The molecule has 0 amide bonds. The molecule has 0 spiro atoms. The number of rotatable bonds is 7. The first-order valence-electron chi connectivity index (χ1n) is 7.74. The van der Waals surface area contributed by atoms with Crippen molar-refractivity contribution in [2.24, 2.45) is 5.92 Å². The van der Waals surface area contributed by atoms with E-state index < -0.39 is 0 Å². The van der Waals surface area contributed by atoms with Gasteiger partial charge in [0.15, 0.2) is 0 Å². The average Bonchev–Trinajstić information content (AvgIpc) is 3.09. The second-order valence-corrected chi connectivity index (χ2v) is 7.03. The van der Waals surface area contributed by atoms with Crippen LogP contribution in [-0.2, 0) is 0 Å². The van der Waals surface area contributed by atoms with Crippen molar-refractivity contribution in [3.63, 3.8) is 0 Å². The van der Waals surface area contributed by atoms with Crippen molar-refractivity contribution >= 4 is 0 Å². The maximum atomic E-state index is 9.97. The molecule has 19 heavy (non-hydrogen) atoms. The highest BCUT2D eigenvalue weighted by molar-refractivity contribution is 5.04. The Bertz CT molecular complexity index is 291. The van der Waals surface area contributed by atoms with E-state index in [0.29, 0.717) is 18.0 Å². The van der Waals surface area contributed by atoms with Gasteiger partial charge >= 0.3 is 0 Å². The van der Waals surface area contributed by atoms with Gasteiger partial charge in [0.1, 0.15) is 0 Å². The molecule has 2 aliphatic rings. The Morgan fingerprint density at radius 3 is 2.42 bits per heavy atom. The van der Waals surface area contributed by atoms with Crippen LogP contribution >= 0.6 is 0 Å². The Balaban J connectivity index is 1.96. The Hall–Kier alpha value is -0.160. The largest absolute Gasteiger partial charge is 0.394 e. The lowest BCUT2D eigenvalue weighted by atomic mass is 9.92. The predicted octanol–water partition coefficient (Wildman–Crippen LogP) is 0.761. The number of hydrogen-bond acceptors (Lipinski definition) is 4. The van der Waals surface area contributed by atoms with Crippen LogP contribution in [0.3, 0.4) is 0 Å². The van der Waals surface area contributed by atoms with Gasteiger partial charge < -0.3 is 15.3 Å². The summed E-state index contributed by atoms with van der Waals surface area (Å²) >= 11 is 0. The topological polar surface area (TPSA) is 38.7 Å². The van der Waals surface area contributed by atoms with Crippen molar-refractivity contribution in [3.8, 4) is 0 Å². The van der Waals surface area contributed by atoms with Gasteiger partial charge in [0.05, 0.1) is 12.1 Å². The van der Waals surface area contributed by atoms with Crippen LogP contribution in [0.25, 0.3) is 0 Å². The third-order valence-electron chi connectivity index (χ3n) is 4.70. The SMILES string of the molecule is CC(C)NC(CO)(CN1CCC(N(C)C)C1)C1CC1. The first kappa shape index (κ1) is 15.2. The molecule has 2 atom stereocenters. The van der Waals surface area contributed by atoms with E-state index in [1.54, 1.807) is 0 Å². The van der Waals surface area contributed by atoms with Crippen LogP contribution in [-0.4, -0.2) is 72.9 Å². The first-order chi connectivity index (χ1) is 8.97. The summed E-state index contributed by atoms with van der Waals surface area (Å²) in [4.78, 5) is 4.86. The molecule has 2 fully saturated rings. The molecule has 1 heterocycles. The lowest BCUT2D eigenvalue weighted by molar-refractivity contribution is 0.0901. The molecular formula is C15H31N3O. The lowest BCUT2D eigenvalue weighted by Crippen LogP contribution is -2.59. The van der Waals surface area contributed by atoms with Gasteiger partial charge in [0, 0.05) is 25.2 Å². The molecule has 1 aliphatic heterocycles. The molecule has 0 bridgehead atoms. The number of likely N-dealkylation sites (N-methyl/N-ethyl adjacent to an activating group) is 1. The number of nitrogens with zero attached hydrogens (tertiary/aromatic N) is 2. The molecule has 1 aliphatic carbocycles. The summed E-state index contributed by atoms with van der Waals surface area (Å²) < 4.78 is 0. The van der Waals surface area contributed by atoms with E-state index in [1.807, 2.05) is 0 Å². The number of nitrogens with one attached hydrogen (secondary N) is 1. The summed E-state index contributed by atoms with van der Waals surface area (Å²) in [6.45, 7) is 7.92. The molecule has 2 N–H and O–H groups in total. The standard InChI is InChI=1S/C15H31N3O/c1-12(2)16-15(11-19,13-5-6-13)10-18-8-7-14(9-18)17(3)4/h12-14,16,19H,5-11H2,1-4H3. The van der Waals surface area contributed by atoms with E-state index in [-0.39, 0.29) is 12.1 Å². The molecule has 2 unspecified atom stereocenters. The first-order valence-corrected chi connectivity index (χ1v) is 7.74. The minimum absolute atomic E-state index is 0.0740. The second-order valence-electron chi connectivity index (χ2n) is 7.03. The number of aliphatic hydroxyl groups excluding tert-OH is 1. The molecule has 112 valence electrons. The van der Waals surface area contributed by atoms with Gasteiger partial charge in [-0.3, -0.25) is 4.90 Å². The van der Waals surface area contributed by atoms with Gasteiger partial charge in [-0.1, -0.05) is 13.8 Å². The second kappa shape index (κ2) is 6.08. The van der Waals surface area contributed by atoms with Crippen LogP contribution in [0.2, 0.25) is 0 Å². The quantitative estimate of drug-likeness (QED) is 0.716. The van der Waals surface area contributed by atoms with Gasteiger partial charge in [0.25, 0.3) is 0 Å². The smallest absolute Gasteiger partial charge is 0.0628 e. The Kier molecular flexibility index (Phi) is 4.88. The highest BCUT2D eigenvalue weighted by atomic mass is 16.3. The fourth-order valence-corrected chi connectivity index (χ4v) is 3.50. The Morgan fingerprint density at radius 2 is 2.00 bits per heavy atom. The van der Waals surface area contributed by atoms with E-state index in [1.165, 1.54) is 19.3 Å². The molecular weight excluding hydrogens is 238 g/mol. The summed E-state index contributed by atoms with van der Waals surface area (Å²) in [6, 6.07) is 1.11. The summed E-state index contributed by atoms with van der Waals surface area (Å²) in [6.07, 6.45) is 3.79. The van der Waals surface area contributed by atoms with Crippen molar-refractivity contribution in [2.45, 2.75) is 50.7 Å². The Labute approximate surface area is 118 Å². The number of hydrogen-bond donors (Lipinski definition) is 2. The van der Waals surface area contributed by atoms with Gasteiger partial charge in [-0.05, 0) is 45.8 Å². The zero-order valence-corrected chi connectivity index (χ0v) is 13.0. The molecule has 0 aromatic rings. The molecule has 1 saturated carbocycles. The van der Waals surface area contributed by atoms with Crippen LogP contribution in [0.1, 0.15) is 33.1 Å². The van der Waals surface area contributed by atoms with Crippen LogP contribution in [0.15, 0.2) is 0 Å². The molecule has 0 radical (unpaired) electrons. The average molecular weight is 269 g/mol. The van der Waals surface area contributed by atoms with E-state index >= 15 is 0 Å². The van der Waals surface area contributed by atoms with Crippen LogP contribution in [0.4, 0.5) is 0 Å². The van der Waals surface area contributed by atoms with E-state index in [9.17, 15) is 5.11 Å². The monoisotopic (exact) mass is 269 g/mol. The molecule has 4 nitrogen and oxygen atoms in total. The van der Waals surface area contributed by atoms with Crippen molar-refractivity contribution in [1.29, 1.82) is 0 Å². The minimum Gasteiger partial charge on any atom is -0.394 e. The number of aliphatic hydroxyl groups is 1. The zero-order chi connectivity index (χ0) is 14.0. The third-order valence-corrected chi connectivity index (χ3v) is 4.70. The van der Waals surface area contributed by atoms with E-state index in [2.05, 4.69) is 43.1 Å². The Morgan fingerprint density at radius 1 is 1.32 bits per heavy atom. The summed E-state index contributed by atoms with van der Waals surface area (Å²) in [5, 5.41) is 13.6. The van der Waals surface area contributed by atoms with Crippen LogP contribution in [0, 0.1) is 5.92 Å². The molecule has 1 saturated heterocycles. The van der Waals surface area contributed by atoms with Gasteiger partial charge in [-0.15, -0.1) is 0 Å². The van der Waals surface area contributed by atoms with E-state index in [4.69, 9.17) is 0 Å². The van der Waals surface area contributed by atoms with Crippen molar-refractivity contribution < 1.29 is 5.11 Å². The molecule has 4 heteroatoms. The summed E-state index contributed by atoms with van der Waals surface area (Å²) in [5.41, 5.74) is -0.0740. The van der Waals surface area contributed by atoms with Crippen molar-refractivity contribution in [1.82, 2.24) is 15.1 Å². The maximum Gasteiger partial charge on any atom is 0.0628 e. The van der Waals surface area contributed by atoms with Crippen LogP contribution in [0.5, 0.6) is 0 Å². The van der Waals surface area contributed by atoms with Gasteiger partial charge in [-0.25, -0.2) is 0 Å². The maximum absolute atomic E-state index is 9.97. The number of likely N-dealkylation sites (tertiary alicyclic amines) is 1. The molecule has 0 aromatic heterocycles. The van der Waals surface area contributed by atoms with Crippen molar-refractivity contribution in [2.75, 3.05) is 40.3 Å². The molecule has 0 aromatic carbocycles. The summed E-state index contributed by atoms with van der Waals surface area (Å²) in [7, 11) is 4.33. The fraction of sp³-hybridized carbons (Fsp3) is 1.00. The minimum atomic E-state index is -0.0740. The third kappa shape index (κ3) is 3.69. The van der Waals surface area contributed by atoms with Gasteiger partial charge in [0.2, 0.25) is 0 Å².